The molecule has 0 aliphatic carbocycles. The van der Waals surface area contributed by atoms with E-state index >= 15 is 0 Å². The van der Waals surface area contributed by atoms with Crippen LogP contribution in [0.5, 0.6) is 0 Å². The monoisotopic (exact) mass is 305 g/mol. The third-order valence-corrected chi connectivity index (χ3v) is 3.38. The smallest absolute Gasteiger partial charge is 0.241 e. The second-order valence-corrected chi connectivity index (χ2v) is 5.48. The van der Waals surface area contributed by atoms with Crippen molar-refractivity contribution in [1.82, 2.24) is 4.90 Å². The van der Waals surface area contributed by atoms with Gasteiger partial charge in [-0.25, -0.2) is 4.99 Å². The molecule has 0 radical (unpaired) electrons. The van der Waals surface area contributed by atoms with Crippen LogP contribution in [0.4, 0.5) is 11.4 Å². The first kappa shape index (κ1) is 18.1. The minimum Gasteiger partial charge on any atom is -0.366 e. The van der Waals surface area contributed by atoms with Crippen molar-refractivity contribution in [2.45, 2.75) is 32.2 Å². The minimum atomic E-state index is -0.500. The Bertz CT molecular complexity index is 496. The fourth-order valence-corrected chi connectivity index (χ4v) is 1.78. The molecule has 0 aliphatic heterocycles. The predicted molar refractivity (Wildman–Crippen MR) is 92.4 cm³/mol. The number of rotatable bonds is 7. The topological polar surface area (TPSA) is 96.7 Å². The average molecular weight is 305 g/mol. The zero-order chi connectivity index (χ0) is 16.5. The van der Waals surface area contributed by atoms with Gasteiger partial charge in [-0.15, -0.1) is 0 Å². The summed E-state index contributed by atoms with van der Waals surface area (Å²) in [6, 6.07) is 6.88. The molecule has 0 aromatic heterocycles. The summed E-state index contributed by atoms with van der Waals surface area (Å²) in [5, 5.41) is 2.82. The van der Waals surface area contributed by atoms with Gasteiger partial charge in [-0.3, -0.25) is 4.79 Å². The van der Waals surface area contributed by atoms with Crippen molar-refractivity contribution in [3.8, 4) is 0 Å². The van der Waals surface area contributed by atoms with Crippen LogP contribution in [-0.4, -0.2) is 43.3 Å². The van der Waals surface area contributed by atoms with Crippen LogP contribution in [0.3, 0.4) is 0 Å². The van der Waals surface area contributed by atoms with Crippen molar-refractivity contribution in [3.05, 3.63) is 24.3 Å². The molecule has 0 spiro atoms. The van der Waals surface area contributed by atoms with Gasteiger partial charge in [0.25, 0.3) is 0 Å². The van der Waals surface area contributed by atoms with E-state index < -0.39 is 6.04 Å². The van der Waals surface area contributed by atoms with E-state index in [2.05, 4.69) is 10.3 Å². The molecule has 6 nitrogen and oxygen atoms in total. The second kappa shape index (κ2) is 9.17. The van der Waals surface area contributed by atoms with Crippen LogP contribution < -0.4 is 16.8 Å². The van der Waals surface area contributed by atoms with Crippen LogP contribution >= 0.6 is 0 Å². The molecule has 0 saturated carbocycles. The van der Waals surface area contributed by atoms with Gasteiger partial charge in [0.15, 0.2) is 0 Å². The first-order valence-corrected chi connectivity index (χ1v) is 7.53. The standard InChI is InChI=1S/C16H27N5O/c1-12(21(2)3)19-13-7-9-14(10-8-13)20-16(22)15(18)6-4-5-11-17/h7-10,15H,4-6,11,17-18H2,1-3H3,(H,20,22)/t15-/m0/s1. The number of nitrogens with one attached hydrogen (secondary N) is 1. The molecule has 0 saturated heterocycles. The summed E-state index contributed by atoms with van der Waals surface area (Å²) < 4.78 is 0. The van der Waals surface area contributed by atoms with Gasteiger partial charge >= 0.3 is 0 Å². The number of carbonyl (C=O) groups is 1. The van der Waals surface area contributed by atoms with Crippen molar-refractivity contribution >= 4 is 23.1 Å². The first-order valence-electron chi connectivity index (χ1n) is 7.53. The van der Waals surface area contributed by atoms with Gasteiger partial charge in [-0.05, 0) is 50.6 Å². The van der Waals surface area contributed by atoms with E-state index in [-0.39, 0.29) is 5.91 Å². The highest BCUT2D eigenvalue weighted by Crippen LogP contribution is 2.17. The van der Waals surface area contributed by atoms with Gasteiger partial charge in [-0.2, -0.15) is 0 Å². The maximum Gasteiger partial charge on any atom is 0.241 e. The maximum atomic E-state index is 12.0. The lowest BCUT2D eigenvalue weighted by molar-refractivity contribution is -0.117. The normalized spacial score (nSPS) is 12.9. The van der Waals surface area contributed by atoms with Gasteiger partial charge in [0.1, 0.15) is 5.84 Å². The molecule has 0 bridgehead atoms. The Morgan fingerprint density at radius 3 is 2.45 bits per heavy atom. The lowest BCUT2D eigenvalue weighted by atomic mass is 10.1. The number of nitrogens with two attached hydrogens (primary N) is 2. The lowest BCUT2D eigenvalue weighted by Crippen LogP contribution is -2.35. The van der Waals surface area contributed by atoms with Gasteiger partial charge in [0.05, 0.1) is 11.7 Å². The molecule has 0 heterocycles. The highest BCUT2D eigenvalue weighted by atomic mass is 16.2. The molecule has 122 valence electrons. The Labute approximate surface area is 132 Å². The number of amidine groups is 1. The number of unbranched alkanes of at least 4 members (excludes halogenated alkanes) is 1. The quantitative estimate of drug-likeness (QED) is 0.406. The number of nitrogens with zero attached hydrogens (tertiary/aromatic N) is 2. The van der Waals surface area contributed by atoms with E-state index in [1.54, 1.807) is 0 Å². The van der Waals surface area contributed by atoms with E-state index in [0.717, 1.165) is 30.1 Å². The molecule has 1 aromatic rings. The van der Waals surface area contributed by atoms with Crippen molar-refractivity contribution in [1.29, 1.82) is 0 Å². The zero-order valence-corrected chi connectivity index (χ0v) is 13.7. The molecule has 22 heavy (non-hydrogen) atoms. The molecule has 6 heteroatoms. The lowest BCUT2D eigenvalue weighted by Gasteiger charge is -2.13. The van der Waals surface area contributed by atoms with E-state index in [1.165, 1.54) is 0 Å². The highest BCUT2D eigenvalue weighted by Gasteiger charge is 2.12. The Morgan fingerprint density at radius 1 is 1.27 bits per heavy atom. The molecule has 1 aromatic carbocycles. The van der Waals surface area contributed by atoms with Crippen LogP contribution in [0, 0.1) is 0 Å². The number of hydrogen-bond acceptors (Lipinski definition) is 4. The van der Waals surface area contributed by atoms with Crippen molar-refractivity contribution in [2.24, 2.45) is 16.5 Å². The van der Waals surface area contributed by atoms with Crippen molar-refractivity contribution in [2.75, 3.05) is 26.0 Å². The molecule has 1 rings (SSSR count). The predicted octanol–water partition coefficient (Wildman–Crippen LogP) is 1.69. The molecule has 5 N–H and O–H groups in total. The zero-order valence-electron chi connectivity index (χ0n) is 13.7. The summed E-state index contributed by atoms with van der Waals surface area (Å²) in [5.41, 5.74) is 12.8. The van der Waals surface area contributed by atoms with E-state index in [4.69, 9.17) is 11.5 Å². The first-order chi connectivity index (χ1) is 10.4. The van der Waals surface area contributed by atoms with Crippen molar-refractivity contribution < 1.29 is 4.79 Å². The number of benzene rings is 1. The maximum absolute atomic E-state index is 12.0. The van der Waals surface area contributed by atoms with Crippen LogP contribution in [0.1, 0.15) is 26.2 Å². The number of anilines is 1. The summed E-state index contributed by atoms with van der Waals surface area (Å²) in [4.78, 5) is 18.4. The van der Waals surface area contributed by atoms with Gasteiger partial charge in [0, 0.05) is 19.8 Å². The van der Waals surface area contributed by atoms with Gasteiger partial charge in [0.2, 0.25) is 5.91 Å². The fourth-order valence-electron chi connectivity index (χ4n) is 1.78. The second-order valence-electron chi connectivity index (χ2n) is 5.48. The number of hydrogen-bond donors (Lipinski definition) is 3. The van der Waals surface area contributed by atoms with Crippen molar-refractivity contribution in [3.63, 3.8) is 0 Å². The summed E-state index contributed by atoms with van der Waals surface area (Å²) >= 11 is 0. The van der Waals surface area contributed by atoms with Gasteiger partial charge < -0.3 is 21.7 Å². The van der Waals surface area contributed by atoms with Gasteiger partial charge in [-0.1, -0.05) is 6.42 Å². The van der Waals surface area contributed by atoms with E-state index in [9.17, 15) is 4.79 Å². The largest absolute Gasteiger partial charge is 0.366 e. The summed E-state index contributed by atoms with van der Waals surface area (Å²) in [6.07, 6.45) is 2.40. The minimum absolute atomic E-state index is 0.169. The molecule has 0 aliphatic rings. The SMILES string of the molecule is CC(=Nc1ccc(NC(=O)[C@@H](N)CCCCN)cc1)N(C)C. The summed E-state index contributed by atoms with van der Waals surface area (Å²) in [5.74, 6) is 0.747. The van der Waals surface area contributed by atoms with Crippen LogP contribution in [0.2, 0.25) is 0 Å². The molecule has 1 atom stereocenters. The Balaban J connectivity index is 2.57. The Hall–Kier alpha value is -1.92. The summed E-state index contributed by atoms with van der Waals surface area (Å²) in [6.45, 7) is 2.57. The number of aliphatic imine (C=N–C) groups is 1. The van der Waals surface area contributed by atoms with E-state index in [1.807, 2.05) is 50.2 Å². The van der Waals surface area contributed by atoms with Crippen LogP contribution in [-0.2, 0) is 4.79 Å². The number of carbonyl (C=O) groups excluding carboxylic acids is 1. The fraction of sp³-hybridized carbons (Fsp3) is 0.500. The van der Waals surface area contributed by atoms with Crippen LogP contribution in [0.15, 0.2) is 29.3 Å². The summed E-state index contributed by atoms with van der Waals surface area (Å²) in [7, 11) is 3.89. The average Bonchev–Trinajstić information content (AvgIpc) is 2.49. The van der Waals surface area contributed by atoms with Crippen LogP contribution in [0.25, 0.3) is 0 Å². The molecular weight excluding hydrogens is 278 g/mol. The van der Waals surface area contributed by atoms with E-state index in [0.29, 0.717) is 13.0 Å². The Morgan fingerprint density at radius 2 is 1.91 bits per heavy atom. The molecule has 0 unspecified atom stereocenters. The third kappa shape index (κ3) is 6.24. The Kier molecular flexibility index (Phi) is 7.56. The third-order valence-electron chi connectivity index (χ3n) is 3.38. The molecule has 1 amide bonds. The number of amides is 1. The molecule has 0 fully saturated rings. The highest BCUT2D eigenvalue weighted by molar-refractivity contribution is 5.94. The molecular formula is C16H27N5O.